The van der Waals surface area contributed by atoms with Gasteiger partial charge in [0.15, 0.2) is 0 Å². The average molecular weight is 377 g/mol. The molecule has 9 heteroatoms. The molecule has 1 aliphatic heterocycles. The fraction of sp³-hybridized carbons (Fsp3) is 0.500. The largest absolute Gasteiger partial charge is 0.417 e. The molecule has 1 N–H and O–H groups in total. The second-order valence-corrected chi connectivity index (χ2v) is 6.17. The minimum Gasteiger partial charge on any atom is -0.353 e. The van der Waals surface area contributed by atoms with Gasteiger partial charge in [0.1, 0.15) is 5.82 Å². The Kier molecular flexibility index (Phi) is 6.29. The molecule has 0 aromatic carbocycles. The van der Waals surface area contributed by atoms with E-state index in [1.807, 2.05) is 16.7 Å². The van der Waals surface area contributed by atoms with Crippen LogP contribution in [0.4, 0.5) is 19.0 Å². The molecule has 0 saturated carbocycles. The topological polar surface area (TPSA) is 48.5 Å². The molecule has 2 rings (SSSR count). The van der Waals surface area contributed by atoms with E-state index in [9.17, 15) is 18.0 Å². The van der Waals surface area contributed by atoms with Crippen molar-refractivity contribution in [3.8, 4) is 0 Å². The Morgan fingerprint density at radius 2 is 2.08 bits per heavy atom. The van der Waals surface area contributed by atoms with E-state index in [0.717, 1.165) is 12.3 Å². The summed E-state index contributed by atoms with van der Waals surface area (Å²) in [6.45, 7) is 8.00. The second kappa shape index (κ2) is 8.05. The molecule has 0 aliphatic carbocycles. The number of anilines is 1. The SMILES string of the molecule is C=CCNC(=O)C(C)N1CCN(c2ncc(C(F)(F)F)cc2Cl)CC1. The third kappa shape index (κ3) is 4.85. The molecule has 1 unspecified atom stereocenters. The highest BCUT2D eigenvalue weighted by molar-refractivity contribution is 6.33. The minimum atomic E-state index is -4.47. The summed E-state index contributed by atoms with van der Waals surface area (Å²) >= 11 is 5.98. The summed E-state index contributed by atoms with van der Waals surface area (Å²) in [5, 5.41) is 2.72. The van der Waals surface area contributed by atoms with E-state index in [1.54, 1.807) is 6.08 Å². The maximum Gasteiger partial charge on any atom is 0.417 e. The average Bonchev–Trinajstić information content (AvgIpc) is 2.58. The molecule has 5 nitrogen and oxygen atoms in total. The molecule has 1 fully saturated rings. The van der Waals surface area contributed by atoms with Gasteiger partial charge in [0, 0.05) is 38.9 Å². The van der Waals surface area contributed by atoms with Crippen molar-refractivity contribution in [2.24, 2.45) is 0 Å². The van der Waals surface area contributed by atoms with E-state index in [0.29, 0.717) is 38.5 Å². The second-order valence-electron chi connectivity index (χ2n) is 5.76. The minimum absolute atomic E-state index is 0.0277. The molecule has 1 atom stereocenters. The highest BCUT2D eigenvalue weighted by Crippen LogP contribution is 2.33. The summed E-state index contributed by atoms with van der Waals surface area (Å²) in [7, 11) is 0. The van der Waals surface area contributed by atoms with Crippen LogP contribution in [-0.4, -0.2) is 54.6 Å². The molecule has 1 aliphatic rings. The summed E-state index contributed by atoms with van der Waals surface area (Å²) in [5.41, 5.74) is -0.868. The van der Waals surface area contributed by atoms with Gasteiger partial charge in [0.2, 0.25) is 5.91 Å². The van der Waals surface area contributed by atoms with Gasteiger partial charge in [-0.2, -0.15) is 13.2 Å². The van der Waals surface area contributed by atoms with Crippen molar-refractivity contribution >= 4 is 23.3 Å². The fourth-order valence-corrected chi connectivity index (χ4v) is 2.91. The third-order valence-corrected chi connectivity index (χ3v) is 4.39. The number of nitrogens with one attached hydrogen (secondary N) is 1. The standard InChI is InChI=1S/C16H20ClF3N4O/c1-3-4-21-15(25)11(2)23-5-7-24(8-6-23)14-13(17)9-12(10-22-14)16(18,19)20/h3,9-11H,1,4-8H2,2H3,(H,21,25). The van der Waals surface area contributed by atoms with Gasteiger partial charge in [-0.25, -0.2) is 4.98 Å². The van der Waals surface area contributed by atoms with Crippen LogP contribution in [0.25, 0.3) is 0 Å². The van der Waals surface area contributed by atoms with Crippen LogP contribution in [0.3, 0.4) is 0 Å². The fourth-order valence-electron chi connectivity index (χ4n) is 2.63. The highest BCUT2D eigenvalue weighted by atomic mass is 35.5. The summed E-state index contributed by atoms with van der Waals surface area (Å²) in [5.74, 6) is 0.247. The number of amides is 1. The lowest BCUT2D eigenvalue weighted by Crippen LogP contribution is -2.54. The normalized spacial score (nSPS) is 17.2. The number of carbonyl (C=O) groups is 1. The van der Waals surface area contributed by atoms with Gasteiger partial charge in [0.25, 0.3) is 0 Å². The first-order chi connectivity index (χ1) is 11.7. The summed E-state index contributed by atoms with van der Waals surface area (Å²) in [6.07, 6.45) is -2.07. The predicted molar refractivity (Wildman–Crippen MR) is 90.7 cm³/mol. The number of piperazine rings is 1. The van der Waals surface area contributed by atoms with Crippen LogP contribution in [0.2, 0.25) is 5.02 Å². The van der Waals surface area contributed by atoms with E-state index in [1.165, 1.54) is 0 Å². The van der Waals surface area contributed by atoms with Crippen LogP contribution in [0, 0.1) is 0 Å². The number of halogens is 4. The summed E-state index contributed by atoms with van der Waals surface area (Å²) < 4.78 is 38.0. The van der Waals surface area contributed by atoms with Gasteiger partial charge in [-0.3, -0.25) is 9.69 Å². The van der Waals surface area contributed by atoms with Gasteiger partial charge in [-0.05, 0) is 13.0 Å². The number of hydrogen-bond acceptors (Lipinski definition) is 4. The Morgan fingerprint density at radius 1 is 1.44 bits per heavy atom. The molecule has 0 bridgehead atoms. The van der Waals surface area contributed by atoms with Crippen molar-refractivity contribution in [2.45, 2.75) is 19.1 Å². The van der Waals surface area contributed by atoms with Crippen LogP contribution >= 0.6 is 11.6 Å². The monoisotopic (exact) mass is 376 g/mol. The summed E-state index contributed by atoms with van der Waals surface area (Å²) in [4.78, 5) is 19.7. The Balaban J connectivity index is 1.98. The van der Waals surface area contributed by atoms with Crippen LogP contribution in [0.15, 0.2) is 24.9 Å². The van der Waals surface area contributed by atoms with E-state index in [2.05, 4.69) is 16.9 Å². The predicted octanol–water partition coefficient (Wildman–Crippen LogP) is 2.57. The Labute approximate surface area is 149 Å². The molecular weight excluding hydrogens is 357 g/mol. The third-order valence-electron chi connectivity index (χ3n) is 4.11. The van der Waals surface area contributed by atoms with E-state index in [-0.39, 0.29) is 17.0 Å². The molecular formula is C16H20ClF3N4O. The van der Waals surface area contributed by atoms with Crippen molar-refractivity contribution in [1.29, 1.82) is 0 Å². The molecule has 1 aromatic heterocycles. The number of alkyl halides is 3. The lowest BCUT2D eigenvalue weighted by atomic mass is 10.2. The highest BCUT2D eigenvalue weighted by Gasteiger charge is 2.32. The van der Waals surface area contributed by atoms with Gasteiger partial charge in [0.05, 0.1) is 16.6 Å². The number of carbonyl (C=O) groups excluding carboxylic acids is 1. The van der Waals surface area contributed by atoms with Crippen molar-refractivity contribution < 1.29 is 18.0 Å². The van der Waals surface area contributed by atoms with Gasteiger partial charge in [-0.15, -0.1) is 6.58 Å². The van der Waals surface area contributed by atoms with Crippen LogP contribution in [-0.2, 0) is 11.0 Å². The number of rotatable bonds is 5. The smallest absolute Gasteiger partial charge is 0.353 e. The van der Waals surface area contributed by atoms with Crippen LogP contribution in [0.1, 0.15) is 12.5 Å². The Bertz CT molecular complexity index is 630. The zero-order valence-corrected chi connectivity index (χ0v) is 14.6. The maximum absolute atomic E-state index is 12.7. The number of hydrogen-bond donors (Lipinski definition) is 1. The molecule has 138 valence electrons. The van der Waals surface area contributed by atoms with Crippen LogP contribution in [0.5, 0.6) is 0 Å². The first-order valence-corrected chi connectivity index (χ1v) is 8.22. The zero-order valence-electron chi connectivity index (χ0n) is 13.8. The van der Waals surface area contributed by atoms with Crippen molar-refractivity contribution in [3.05, 3.63) is 35.5 Å². The summed E-state index contributed by atoms with van der Waals surface area (Å²) in [6, 6.07) is 0.597. The van der Waals surface area contributed by atoms with Gasteiger partial charge < -0.3 is 10.2 Å². The van der Waals surface area contributed by atoms with E-state index < -0.39 is 11.7 Å². The molecule has 25 heavy (non-hydrogen) atoms. The lowest BCUT2D eigenvalue weighted by Gasteiger charge is -2.38. The first kappa shape index (κ1) is 19.5. The number of nitrogens with zero attached hydrogens (tertiary/aromatic N) is 3. The van der Waals surface area contributed by atoms with Gasteiger partial charge in [-0.1, -0.05) is 17.7 Å². The number of pyridine rings is 1. The quantitative estimate of drug-likeness (QED) is 0.802. The molecule has 1 saturated heterocycles. The zero-order chi connectivity index (χ0) is 18.6. The van der Waals surface area contributed by atoms with Gasteiger partial charge >= 0.3 is 6.18 Å². The molecule has 2 heterocycles. The van der Waals surface area contributed by atoms with E-state index >= 15 is 0 Å². The lowest BCUT2D eigenvalue weighted by molar-refractivity contribution is -0.137. The number of aromatic nitrogens is 1. The van der Waals surface area contributed by atoms with E-state index in [4.69, 9.17) is 11.6 Å². The van der Waals surface area contributed by atoms with Crippen molar-refractivity contribution in [3.63, 3.8) is 0 Å². The Hall–Kier alpha value is -1.80. The molecule has 0 radical (unpaired) electrons. The van der Waals surface area contributed by atoms with Crippen molar-refractivity contribution in [2.75, 3.05) is 37.6 Å². The maximum atomic E-state index is 12.7. The molecule has 1 amide bonds. The molecule has 0 spiro atoms. The Morgan fingerprint density at radius 3 is 2.60 bits per heavy atom. The van der Waals surface area contributed by atoms with Crippen molar-refractivity contribution in [1.82, 2.24) is 15.2 Å². The molecule has 1 aromatic rings. The first-order valence-electron chi connectivity index (χ1n) is 7.84. The van der Waals surface area contributed by atoms with Crippen LogP contribution < -0.4 is 10.2 Å².